The average molecular weight is 488 g/mol. The van der Waals surface area contributed by atoms with Crippen molar-refractivity contribution in [2.24, 2.45) is 0 Å². The van der Waals surface area contributed by atoms with Gasteiger partial charge in [-0.2, -0.15) is 0 Å². The summed E-state index contributed by atoms with van der Waals surface area (Å²) in [4.78, 5) is 4.30. The maximum absolute atomic E-state index is 5.91. The van der Waals surface area contributed by atoms with E-state index in [1.54, 1.807) is 6.20 Å². The van der Waals surface area contributed by atoms with Crippen molar-refractivity contribution in [2.75, 3.05) is 5.32 Å². The predicted molar refractivity (Wildman–Crippen MR) is 87.1 cm³/mol. The number of hydrogen-bond donors (Lipinski definition) is 1. The molecule has 1 aromatic heterocycles. The standard InChI is InChI=1S/C11H6Br2ClIN2/c12-6-3-8(13)11(16-5-6)17-10-2-1-7(14)4-9(10)15/h1-5H,(H,16,17). The Labute approximate surface area is 135 Å². The average Bonchev–Trinajstić information content (AvgIpc) is 2.25. The van der Waals surface area contributed by atoms with Crippen molar-refractivity contribution < 1.29 is 0 Å². The highest BCUT2D eigenvalue weighted by atomic mass is 127. The first-order valence-corrected chi connectivity index (χ1v) is 7.63. The minimum atomic E-state index is 0.725. The summed E-state index contributed by atoms with van der Waals surface area (Å²) >= 11 is 15.0. The van der Waals surface area contributed by atoms with Gasteiger partial charge in [-0.1, -0.05) is 11.6 Å². The smallest absolute Gasteiger partial charge is 0.144 e. The van der Waals surface area contributed by atoms with Crippen molar-refractivity contribution in [3.8, 4) is 0 Å². The summed E-state index contributed by atoms with van der Waals surface area (Å²) in [6.45, 7) is 0. The van der Waals surface area contributed by atoms with Crippen LogP contribution in [0.2, 0.25) is 5.02 Å². The van der Waals surface area contributed by atoms with Crippen LogP contribution in [-0.2, 0) is 0 Å². The Morgan fingerprint density at radius 2 is 2.00 bits per heavy atom. The molecule has 0 bridgehead atoms. The summed E-state index contributed by atoms with van der Waals surface area (Å²) < 4.78 is 2.88. The van der Waals surface area contributed by atoms with E-state index in [9.17, 15) is 0 Å². The van der Waals surface area contributed by atoms with Gasteiger partial charge >= 0.3 is 0 Å². The van der Waals surface area contributed by atoms with Crippen LogP contribution in [0.3, 0.4) is 0 Å². The summed E-state index contributed by atoms with van der Waals surface area (Å²) in [6, 6.07) is 7.62. The number of pyridine rings is 1. The number of nitrogens with zero attached hydrogens (tertiary/aromatic N) is 1. The zero-order valence-electron chi connectivity index (χ0n) is 8.35. The van der Waals surface area contributed by atoms with E-state index >= 15 is 0 Å². The molecule has 88 valence electrons. The number of rotatable bonds is 2. The van der Waals surface area contributed by atoms with Gasteiger partial charge in [0.1, 0.15) is 5.82 Å². The molecule has 17 heavy (non-hydrogen) atoms. The molecule has 1 N–H and O–H groups in total. The number of aromatic nitrogens is 1. The van der Waals surface area contributed by atoms with Crippen LogP contribution in [0.5, 0.6) is 0 Å². The van der Waals surface area contributed by atoms with Gasteiger partial charge in [0, 0.05) is 19.3 Å². The first-order chi connectivity index (χ1) is 8.06. The molecule has 0 radical (unpaired) electrons. The van der Waals surface area contributed by atoms with Gasteiger partial charge in [0.15, 0.2) is 0 Å². The van der Waals surface area contributed by atoms with Crippen LogP contribution in [0.15, 0.2) is 39.4 Å². The van der Waals surface area contributed by atoms with E-state index in [2.05, 4.69) is 64.8 Å². The molecule has 1 heterocycles. The van der Waals surface area contributed by atoms with E-state index in [4.69, 9.17) is 11.6 Å². The molecule has 0 saturated heterocycles. The third kappa shape index (κ3) is 3.56. The Morgan fingerprint density at radius 3 is 2.65 bits per heavy atom. The van der Waals surface area contributed by atoms with Crippen LogP contribution in [0.25, 0.3) is 0 Å². The van der Waals surface area contributed by atoms with Crippen molar-refractivity contribution in [3.05, 3.63) is 48.0 Å². The number of halogens is 4. The van der Waals surface area contributed by atoms with Gasteiger partial charge in [-0.05, 0) is 78.7 Å². The highest BCUT2D eigenvalue weighted by molar-refractivity contribution is 14.1. The van der Waals surface area contributed by atoms with Gasteiger partial charge < -0.3 is 5.32 Å². The molecule has 0 aliphatic heterocycles. The van der Waals surface area contributed by atoms with Crippen LogP contribution in [-0.4, -0.2) is 4.98 Å². The maximum atomic E-state index is 5.91. The summed E-state index contributed by atoms with van der Waals surface area (Å²) in [5.74, 6) is 0.772. The van der Waals surface area contributed by atoms with Crippen molar-refractivity contribution in [2.45, 2.75) is 0 Å². The lowest BCUT2D eigenvalue weighted by molar-refractivity contribution is 1.27. The molecule has 0 fully saturated rings. The van der Waals surface area contributed by atoms with Crippen molar-refractivity contribution in [3.63, 3.8) is 0 Å². The highest BCUT2D eigenvalue weighted by Gasteiger charge is 2.05. The van der Waals surface area contributed by atoms with E-state index in [1.165, 1.54) is 0 Å². The molecular formula is C11H6Br2ClIN2. The van der Waals surface area contributed by atoms with E-state index in [-0.39, 0.29) is 0 Å². The zero-order valence-corrected chi connectivity index (χ0v) is 14.4. The Morgan fingerprint density at radius 1 is 1.24 bits per heavy atom. The molecule has 0 unspecified atom stereocenters. The monoisotopic (exact) mass is 486 g/mol. The SMILES string of the molecule is Clc1ccc(Nc2ncc(Br)cc2Br)c(I)c1. The van der Waals surface area contributed by atoms with Gasteiger partial charge in [0.25, 0.3) is 0 Å². The van der Waals surface area contributed by atoms with Gasteiger partial charge in [0.2, 0.25) is 0 Å². The van der Waals surface area contributed by atoms with Crippen LogP contribution in [0.4, 0.5) is 11.5 Å². The fourth-order valence-electron chi connectivity index (χ4n) is 1.22. The third-order valence-electron chi connectivity index (χ3n) is 1.99. The van der Waals surface area contributed by atoms with Gasteiger partial charge in [-0.15, -0.1) is 0 Å². The molecule has 2 nitrogen and oxygen atoms in total. The molecule has 2 rings (SSSR count). The molecule has 0 saturated carbocycles. The molecule has 0 aliphatic carbocycles. The van der Waals surface area contributed by atoms with Gasteiger partial charge in [-0.3, -0.25) is 0 Å². The Kier molecular flexibility index (Phi) is 4.68. The van der Waals surface area contributed by atoms with Crippen molar-refractivity contribution >= 4 is 77.6 Å². The van der Waals surface area contributed by atoms with E-state index in [1.807, 2.05) is 24.3 Å². The molecule has 0 atom stereocenters. The summed E-state index contributed by atoms with van der Waals surface area (Å²) in [5, 5.41) is 3.97. The fraction of sp³-hybridized carbons (Fsp3) is 0. The van der Waals surface area contributed by atoms with Crippen molar-refractivity contribution in [1.82, 2.24) is 4.98 Å². The Hall–Kier alpha value is 0.150. The lowest BCUT2D eigenvalue weighted by Crippen LogP contribution is -1.96. The number of nitrogens with one attached hydrogen (secondary N) is 1. The molecule has 0 spiro atoms. The second kappa shape index (κ2) is 5.86. The zero-order chi connectivity index (χ0) is 12.4. The van der Waals surface area contributed by atoms with Crippen LogP contribution >= 0.6 is 66.1 Å². The maximum Gasteiger partial charge on any atom is 0.144 e. The lowest BCUT2D eigenvalue weighted by atomic mass is 10.3. The molecule has 0 amide bonds. The topological polar surface area (TPSA) is 24.9 Å². The first kappa shape index (κ1) is 13.6. The second-order valence-electron chi connectivity index (χ2n) is 3.23. The normalized spacial score (nSPS) is 10.4. The van der Waals surface area contributed by atoms with Gasteiger partial charge in [0.05, 0.1) is 10.2 Å². The van der Waals surface area contributed by atoms with E-state index in [0.29, 0.717) is 0 Å². The largest absolute Gasteiger partial charge is 0.338 e. The quantitative estimate of drug-likeness (QED) is 0.557. The summed E-state index contributed by atoms with van der Waals surface area (Å²) in [6.07, 6.45) is 1.75. The lowest BCUT2D eigenvalue weighted by Gasteiger charge is -2.09. The molecule has 1 aromatic carbocycles. The van der Waals surface area contributed by atoms with Crippen LogP contribution in [0, 0.1) is 3.57 Å². The molecule has 2 aromatic rings. The Bertz CT molecular complexity index is 514. The minimum absolute atomic E-state index is 0.725. The fourth-order valence-corrected chi connectivity index (χ4v) is 3.32. The molecule has 6 heteroatoms. The molecule has 0 aliphatic rings. The highest BCUT2D eigenvalue weighted by Crippen LogP contribution is 2.29. The Balaban J connectivity index is 2.31. The first-order valence-electron chi connectivity index (χ1n) is 4.59. The number of hydrogen-bond acceptors (Lipinski definition) is 2. The number of benzene rings is 1. The van der Waals surface area contributed by atoms with Crippen LogP contribution in [0.1, 0.15) is 0 Å². The minimum Gasteiger partial charge on any atom is -0.338 e. The predicted octanol–water partition coefficient (Wildman–Crippen LogP) is 5.61. The van der Waals surface area contributed by atoms with E-state index in [0.717, 1.165) is 29.0 Å². The second-order valence-corrected chi connectivity index (χ2v) is 6.60. The van der Waals surface area contributed by atoms with E-state index < -0.39 is 0 Å². The third-order valence-corrected chi connectivity index (χ3v) is 4.16. The van der Waals surface area contributed by atoms with Crippen LogP contribution < -0.4 is 5.32 Å². The number of anilines is 2. The molecular weight excluding hydrogens is 482 g/mol. The summed E-state index contributed by atoms with van der Waals surface area (Å²) in [7, 11) is 0. The van der Waals surface area contributed by atoms with Gasteiger partial charge in [-0.25, -0.2) is 4.98 Å². The summed E-state index contributed by atoms with van der Waals surface area (Å²) in [5.41, 5.74) is 0.977. The van der Waals surface area contributed by atoms with Crippen molar-refractivity contribution in [1.29, 1.82) is 0 Å².